The molecule has 0 aliphatic rings. The van der Waals surface area contributed by atoms with Crippen molar-refractivity contribution in [1.82, 2.24) is 0 Å². The highest BCUT2D eigenvalue weighted by atomic mass is 16.5. The van der Waals surface area contributed by atoms with Gasteiger partial charge in [-0.25, -0.2) is 4.79 Å². The van der Waals surface area contributed by atoms with Crippen molar-refractivity contribution >= 4 is 5.97 Å². The highest BCUT2D eigenvalue weighted by Crippen LogP contribution is 2.15. The Kier molecular flexibility index (Phi) is 5.00. The van der Waals surface area contributed by atoms with Gasteiger partial charge in [-0.1, -0.05) is 24.0 Å². The van der Waals surface area contributed by atoms with Gasteiger partial charge in [-0.3, -0.25) is 0 Å². The molecule has 0 radical (unpaired) electrons. The summed E-state index contributed by atoms with van der Waals surface area (Å²) in [4.78, 5) is 11.5. The number of rotatable bonds is 3. The van der Waals surface area contributed by atoms with E-state index in [1.165, 1.54) is 0 Å². The van der Waals surface area contributed by atoms with Crippen LogP contribution in [-0.4, -0.2) is 19.7 Å². The first kappa shape index (κ1) is 14.7. The van der Waals surface area contributed by atoms with Gasteiger partial charge in [0.15, 0.2) is 0 Å². The normalized spacial score (nSPS) is 9.43. The molecule has 2 aromatic carbocycles. The molecule has 0 atom stereocenters. The first-order valence-electron chi connectivity index (χ1n) is 6.67. The molecule has 106 valence electrons. The van der Waals surface area contributed by atoms with Crippen LogP contribution in [0.3, 0.4) is 0 Å². The fourth-order valence-corrected chi connectivity index (χ4v) is 1.79. The predicted molar refractivity (Wildman–Crippen MR) is 81.4 cm³/mol. The number of hydrogen-bond acceptors (Lipinski definition) is 3. The zero-order valence-corrected chi connectivity index (χ0v) is 12.1. The second-order valence-corrected chi connectivity index (χ2v) is 4.25. The van der Waals surface area contributed by atoms with E-state index >= 15 is 0 Å². The summed E-state index contributed by atoms with van der Waals surface area (Å²) in [5.41, 5.74) is 2.18. The third-order valence-electron chi connectivity index (χ3n) is 2.84. The molecule has 0 heterocycles. The Morgan fingerprint density at radius 1 is 1.05 bits per heavy atom. The monoisotopic (exact) mass is 280 g/mol. The molecule has 2 aromatic rings. The summed E-state index contributed by atoms with van der Waals surface area (Å²) >= 11 is 0. The van der Waals surface area contributed by atoms with Gasteiger partial charge in [0.05, 0.1) is 24.8 Å². The van der Waals surface area contributed by atoms with E-state index in [0.717, 1.165) is 16.9 Å². The molecule has 3 nitrogen and oxygen atoms in total. The van der Waals surface area contributed by atoms with E-state index in [1.54, 1.807) is 38.3 Å². The zero-order valence-electron chi connectivity index (χ0n) is 12.1. The molecular weight excluding hydrogens is 264 g/mol. The van der Waals surface area contributed by atoms with Gasteiger partial charge in [0, 0.05) is 5.56 Å². The molecule has 0 fully saturated rings. The zero-order chi connectivity index (χ0) is 15.1. The van der Waals surface area contributed by atoms with Crippen LogP contribution in [0.5, 0.6) is 5.75 Å². The maximum Gasteiger partial charge on any atom is 0.338 e. The second kappa shape index (κ2) is 7.16. The van der Waals surface area contributed by atoms with Crippen LogP contribution in [0.2, 0.25) is 0 Å². The quantitative estimate of drug-likeness (QED) is 0.639. The van der Waals surface area contributed by atoms with Crippen molar-refractivity contribution in [3.8, 4) is 17.6 Å². The largest absolute Gasteiger partial charge is 0.495 e. The van der Waals surface area contributed by atoms with Gasteiger partial charge < -0.3 is 9.47 Å². The van der Waals surface area contributed by atoms with Crippen molar-refractivity contribution in [3.63, 3.8) is 0 Å². The van der Waals surface area contributed by atoms with Crippen LogP contribution < -0.4 is 4.74 Å². The topological polar surface area (TPSA) is 35.5 Å². The Labute approximate surface area is 124 Å². The Hall–Kier alpha value is -2.73. The SMILES string of the molecule is CCOC(=O)c1ccc(C#Cc2ccccc2OC)cc1. The number of esters is 1. The third kappa shape index (κ3) is 3.87. The highest BCUT2D eigenvalue weighted by molar-refractivity contribution is 5.89. The maximum absolute atomic E-state index is 11.5. The van der Waals surface area contributed by atoms with E-state index in [1.807, 2.05) is 24.3 Å². The molecule has 0 bridgehead atoms. The number of hydrogen-bond donors (Lipinski definition) is 0. The number of methoxy groups -OCH3 is 1. The molecule has 2 rings (SSSR count). The van der Waals surface area contributed by atoms with E-state index in [0.29, 0.717) is 12.2 Å². The third-order valence-corrected chi connectivity index (χ3v) is 2.84. The van der Waals surface area contributed by atoms with Gasteiger partial charge in [-0.05, 0) is 43.3 Å². The van der Waals surface area contributed by atoms with Gasteiger partial charge in [0.1, 0.15) is 5.75 Å². The second-order valence-electron chi connectivity index (χ2n) is 4.25. The van der Waals surface area contributed by atoms with Gasteiger partial charge in [0.25, 0.3) is 0 Å². The molecule has 3 heteroatoms. The smallest absolute Gasteiger partial charge is 0.338 e. The Morgan fingerprint density at radius 2 is 1.76 bits per heavy atom. The molecule has 0 aromatic heterocycles. The lowest BCUT2D eigenvalue weighted by Gasteiger charge is -2.02. The summed E-state index contributed by atoms with van der Waals surface area (Å²) in [7, 11) is 1.62. The molecular formula is C18H16O3. The maximum atomic E-state index is 11.5. The first-order valence-corrected chi connectivity index (χ1v) is 6.67. The predicted octanol–water partition coefficient (Wildman–Crippen LogP) is 3.27. The lowest BCUT2D eigenvalue weighted by atomic mass is 10.1. The van der Waals surface area contributed by atoms with Crippen LogP contribution in [0.4, 0.5) is 0 Å². The van der Waals surface area contributed by atoms with Crippen molar-refractivity contribution in [1.29, 1.82) is 0 Å². The highest BCUT2D eigenvalue weighted by Gasteiger charge is 2.04. The van der Waals surface area contributed by atoms with Crippen LogP contribution in [0.15, 0.2) is 48.5 Å². The first-order chi connectivity index (χ1) is 10.2. The van der Waals surface area contributed by atoms with E-state index < -0.39 is 0 Å². The minimum atomic E-state index is -0.318. The lowest BCUT2D eigenvalue weighted by molar-refractivity contribution is 0.0526. The van der Waals surface area contributed by atoms with E-state index in [-0.39, 0.29) is 5.97 Å². The van der Waals surface area contributed by atoms with E-state index in [9.17, 15) is 4.79 Å². The summed E-state index contributed by atoms with van der Waals surface area (Å²) in [5, 5.41) is 0. The van der Waals surface area contributed by atoms with Gasteiger partial charge >= 0.3 is 5.97 Å². The molecule has 0 amide bonds. The van der Waals surface area contributed by atoms with Gasteiger partial charge in [0.2, 0.25) is 0 Å². The van der Waals surface area contributed by atoms with Gasteiger partial charge in [-0.2, -0.15) is 0 Å². The molecule has 0 saturated heterocycles. The number of carbonyl (C=O) groups is 1. The molecule has 0 aliphatic heterocycles. The average molecular weight is 280 g/mol. The summed E-state index contributed by atoms with van der Waals surface area (Å²) in [6.07, 6.45) is 0. The van der Waals surface area contributed by atoms with Crippen LogP contribution in [0.25, 0.3) is 0 Å². The van der Waals surface area contributed by atoms with Crippen LogP contribution in [0, 0.1) is 11.8 Å². The number of para-hydroxylation sites is 1. The van der Waals surface area contributed by atoms with Crippen molar-refractivity contribution in [2.45, 2.75) is 6.92 Å². The number of carbonyl (C=O) groups excluding carboxylic acids is 1. The van der Waals surface area contributed by atoms with Crippen LogP contribution in [0.1, 0.15) is 28.4 Å². The Balaban J connectivity index is 2.18. The minimum absolute atomic E-state index is 0.318. The molecule has 0 unspecified atom stereocenters. The molecule has 0 N–H and O–H groups in total. The average Bonchev–Trinajstić information content (AvgIpc) is 2.54. The molecule has 0 aliphatic carbocycles. The van der Waals surface area contributed by atoms with Crippen molar-refractivity contribution in [3.05, 3.63) is 65.2 Å². The van der Waals surface area contributed by atoms with Crippen LogP contribution in [-0.2, 0) is 4.74 Å². The Bertz CT molecular complexity index is 676. The number of ether oxygens (including phenoxy) is 2. The van der Waals surface area contributed by atoms with Gasteiger partial charge in [-0.15, -0.1) is 0 Å². The van der Waals surface area contributed by atoms with E-state index in [2.05, 4.69) is 11.8 Å². The standard InChI is InChI=1S/C18H16O3/c1-3-21-18(19)16-12-9-14(10-13-16)8-11-15-6-4-5-7-17(15)20-2/h4-7,9-10,12-13H,3H2,1-2H3. The summed E-state index contributed by atoms with van der Waals surface area (Å²) in [6.45, 7) is 2.15. The van der Waals surface area contributed by atoms with Crippen molar-refractivity contribution in [2.24, 2.45) is 0 Å². The van der Waals surface area contributed by atoms with Crippen molar-refractivity contribution < 1.29 is 14.3 Å². The summed E-state index contributed by atoms with van der Waals surface area (Å²) in [6, 6.07) is 14.6. The lowest BCUT2D eigenvalue weighted by Crippen LogP contribution is -2.04. The summed E-state index contributed by atoms with van der Waals surface area (Å²) < 4.78 is 10.2. The molecule has 0 spiro atoms. The Morgan fingerprint density at radius 3 is 2.43 bits per heavy atom. The van der Waals surface area contributed by atoms with E-state index in [4.69, 9.17) is 9.47 Å². The van der Waals surface area contributed by atoms with Crippen molar-refractivity contribution in [2.75, 3.05) is 13.7 Å². The van der Waals surface area contributed by atoms with Crippen LogP contribution >= 0.6 is 0 Å². The fraction of sp³-hybridized carbons (Fsp3) is 0.167. The molecule has 0 saturated carbocycles. The minimum Gasteiger partial charge on any atom is -0.495 e. The summed E-state index contributed by atoms with van der Waals surface area (Å²) in [5.74, 6) is 6.54. The number of benzene rings is 2. The molecule has 21 heavy (non-hydrogen) atoms. The fourth-order valence-electron chi connectivity index (χ4n) is 1.79.